The van der Waals surface area contributed by atoms with Crippen LogP contribution in [0.4, 0.5) is 11.7 Å². The molecule has 2 aromatic rings. The molecule has 4 nitrogen and oxygen atoms in total. The molecule has 1 aliphatic heterocycles. The van der Waals surface area contributed by atoms with Crippen LogP contribution in [0.1, 0.15) is 20.3 Å². The minimum atomic E-state index is 0.715. The summed E-state index contributed by atoms with van der Waals surface area (Å²) >= 11 is 0. The van der Waals surface area contributed by atoms with Crippen LogP contribution in [0, 0.1) is 11.8 Å². The number of anilines is 2. The molecule has 0 radical (unpaired) electrons. The van der Waals surface area contributed by atoms with Gasteiger partial charge in [0.2, 0.25) is 0 Å². The van der Waals surface area contributed by atoms with Gasteiger partial charge in [0.05, 0.1) is 0 Å². The molecule has 1 saturated heterocycles. The Balaban J connectivity index is 1.87. The monoisotopic (exact) mass is 245 g/mol. The van der Waals surface area contributed by atoms with E-state index in [9.17, 15) is 0 Å². The maximum atomic E-state index is 5.80. The molecule has 3 rings (SSSR count). The molecule has 1 unspecified atom stereocenters. The van der Waals surface area contributed by atoms with Crippen molar-refractivity contribution >= 4 is 22.8 Å². The van der Waals surface area contributed by atoms with Gasteiger partial charge in [0.1, 0.15) is 5.52 Å². The average Bonchev–Trinajstić information content (AvgIpc) is 2.93. The molecular weight excluding hydrogens is 226 g/mol. The van der Waals surface area contributed by atoms with Gasteiger partial charge >= 0.3 is 0 Å². The lowest BCUT2D eigenvalue weighted by Gasteiger charge is -2.15. The molecule has 2 N–H and O–H groups in total. The van der Waals surface area contributed by atoms with Gasteiger partial charge in [-0.05, 0) is 30.4 Å². The Hall–Kier alpha value is -1.71. The molecule has 0 amide bonds. The van der Waals surface area contributed by atoms with Crippen LogP contribution in [0.2, 0.25) is 0 Å². The van der Waals surface area contributed by atoms with Crippen LogP contribution in [0.3, 0.4) is 0 Å². The highest BCUT2D eigenvalue weighted by Gasteiger charge is 2.27. The fourth-order valence-electron chi connectivity index (χ4n) is 2.57. The zero-order valence-electron chi connectivity index (χ0n) is 10.9. The van der Waals surface area contributed by atoms with E-state index in [2.05, 4.69) is 23.7 Å². The molecule has 1 aromatic carbocycles. The molecule has 2 heterocycles. The maximum Gasteiger partial charge on any atom is 0.298 e. The van der Waals surface area contributed by atoms with Crippen LogP contribution in [-0.2, 0) is 0 Å². The first kappa shape index (κ1) is 11.4. The second-order valence-electron chi connectivity index (χ2n) is 5.46. The molecule has 1 atom stereocenters. The standard InChI is InChI=1S/C14H19N3O/c1-9(2)10-5-6-17(8-10)14-16-12-4-3-11(15)7-13(12)18-14/h3-4,7,9-10H,5-6,8,15H2,1-2H3. The van der Waals surface area contributed by atoms with Crippen LogP contribution in [0.15, 0.2) is 22.6 Å². The highest BCUT2D eigenvalue weighted by Crippen LogP contribution is 2.30. The third-order valence-electron chi connectivity index (χ3n) is 3.84. The van der Waals surface area contributed by atoms with Gasteiger partial charge in [0, 0.05) is 24.8 Å². The van der Waals surface area contributed by atoms with E-state index in [-0.39, 0.29) is 0 Å². The first-order valence-electron chi connectivity index (χ1n) is 6.54. The highest BCUT2D eigenvalue weighted by molar-refractivity contribution is 5.78. The largest absolute Gasteiger partial charge is 0.423 e. The zero-order chi connectivity index (χ0) is 12.7. The Bertz CT molecular complexity index is 561. The van der Waals surface area contributed by atoms with Crippen LogP contribution in [0.25, 0.3) is 11.1 Å². The second kappa shape index (κ2) is 4.19. The molecule has 0 aliphatic carbocycles. The maximum absolute atomic E-state index is 5.80. The van der Waals surface area contributed by atoms with Crippen LogP contribution in [0.5, 0.6) is 0 Å². The molecule has 1 aliphatic rings. The van der Waals surface area contributed by atoms with Crippen LogP contribution < -0.4 is 10.6 Å². The Labute approximate surface area is 107 Å². The lowest BCUT2D eigenvalue weighted by Crippen LogP contribution is -2.21. The molecule has 0 saturated carbocycles. The molecule has 4 heteroatoms. The van der Waals surface area contributed by atoms with Gasteiger partial charge < -0.3 is 15.1 Å². The molecule has 96 valence electrons. The summed E-state index contributed by atoms with van der Waals surface area (Å²) in [5.41, 5.74) is 8.12. The van der Waals surface area contributed by atoms with Crippen molar-refractivity contribution in [3.63, 3.8) is 0 Å². The van der Waals surface area contributed by atoms with Crippen molar-refractivity contribution in [1.82, 2.24) is 4.98 Å². The predicted molar refractivity (Wildman–Crippen MR) is 73.6 cm³/mol. The third-order valence-corrected chi connectivity index (χ3v) is 3.84. The lowest BCUT2D eigenvalue weighted by atomic mass is 9.95. The van der Waals surface area contributed by atoms with E-state index < -0.39 is 0 Å². The summed E-state index contributed by atoms with van der Waals surface area (Å²) in [5.74, 6) is 1.46. The first-order valence-corrected chi connectivity index (χ1v) is 6.54. The minimum Gasteiger partial charge on any atom is -0.423 e. The van der Waals surface area contributed by atoms with Crippen molar-refractivity contribution in [2.75, 3.05) is 23.7 Å². The second-order valence-corrected chi connectivity index (χ2v) is 5.46. The number of nitrogen functional groups attached to an aromatic ring is 1. The molecular formula is C14H19N3O. The van der Waals surface area contributed by atoms with Gasteiger partial charge in [0.15, 0.2) is 5.58 Å². The Morgan fingerprint density at radius 3 is 3.00 bits per heavy atom. The Morgan fingerprint density at radius 2 is 2.28 bits per heavy atom. The quantitative estimate of drug-likeness (QED) is 0.826. The number of hydrogen-bond donors (Lipinski definition) is 1. The van der Waals surface area contributed by atoms with Crippen molar-refractivity contribution in [2.45, 2.75) is 20.3 Å². The zero-order valence-corrected chi connectivity index (χ0v) is 10.9. The summed E-state index contributed by atoms with van der Waals surface area (Å²) in [6.45, 7) is 6.63. The van der Waals surface area contributed by atoms with E-state index in [1.165, 1.54) is 6.42 Å². The van der Waals surface area contributed by atoms with E-state index in [1.54, 1.807) is 0 Å². The van der Waals surface area contributed by atoms with Crippen molar-refractivity contribution in [1.29, 1.82) is 0 Å². The number of nitrogens with two attached hydrogens (primary N) is 1. The Morgan fingerprint density at radius 1 is 1.44 bits per heavy atom. The van der Waals surface area contributed by atoms with E-state index in [4.69, 9.17) is 10.2 Å². The molecule has 1 fully saturated rings. The summed E-state index contributed by atoms with van der Waals surface area (Å²) in [7, 11) is 0. The van der Waals surface area contributed by atoms with Crippen molar-refractivity contribution in [2.24, 2.45) is 11.8 Å². The number of aromatic nitrogens is 1. The summed E-state index contributed by atoms with van der Waals surface area (Å²) in [4.78, 5) is 6.77. The first-order chi connectivity index (χ1) is 8.63. The molecule has 18 heavy (non-hydrogen) atoms. The molecule has 0 bridgehead atoms. The molecule has 1 aromatic heterocycles. The smallest absolute Gasteiger partial charge is 0.298 e. The number of hydrogen-bond acceptors (Lipinski definition) is 4. The van der Waals surface area contributed by atoms with Gasteiger partial charge in [-0.2, -0.15) is 4.98 Å². The topological polar surface area (TPSA) is 55.3 Å². The van der Waals surface area contributed by atoms with Crippen molar-refractivity contribution in [3.8, 4) is 0 Å². The third kappa shape index (κ3) is 1.92. The number of benzene rings is 1. The van der Waals surface area contributed by atoms with E-state index in [1.807, 2.05) is 18.2 Å². The molecule has 0 spiro atoms. The van der Waals surface area contributed by atoms with E-state index in [0.717, 1.165) is 42.0 Å². The van der Waals surface area contributed by atoms with Gasteiger partial charge in [-0.25, -0.2) is 0 Å². The normalized spacial score (nSPS) is 20.2. The average molecular weight is 245 g/mol. The van der Waals surface area contributed by atoms with Crippen molar-refractivity contribution in [3.05, 3.63) is 18.2 Å². The van der Waals surface area contributed by atoms with Crippen LogP contribution >= 0.6 is 0 Å². The number of nitrogens with zero attached hydrogens (tertiary/aromatic N) is 2. The number of oxazole rings is 1. The summed E-state index contributed by atoms with van der Waals surface area (Å²) in [6.07, 6.45) is 1.22. The van der Waals surface area contributed by atoms with E-state index in [0.29, 0.717) is 5.69 Å². The summed E-state index contributed by atoms with van der Waals surface area (Å²) < 4.78 is 5.80. The SMILES string of the molecule is CC(C)C1CCN(c2nc3ccc(N)cc3o2)C1. The fraction of sp³-hybridized carbons (Fsp3) is 0.500. The predicted octanol–water partition coefficient (Wildman–Crippen LogP) is 2.89. The van der Waals surface area contributed by atoms with Gasteiger partial charge in [-0.15, -0.1) is 0 Å². The minimum absolute atomic E-state index is 0.715. The van der Waals surface area contributed by atoms with Gasteiger partial charge in [-0.1, -0.05) is 13.8 Å². The summed E-state index contributed by atoms with van der Waals surface area (Å²) in [5, 5.41) is 0. The lowest BCUT2D eigenvalue weighted by molar-refractivity contribution is 0.420. The number of fused-ring (bicyclic) bond motifs is 1. The van der Waals surface area contributed by atoms with Crippen LogP contribution in [-0.4, -0.2) is 18.1 Å². The van der Waals surface area contributed by atoms with Gasteiger partial charge in [-0.3, -0.25) is 0 Å². The van der Waals surface area contributed by atoms with Gasteiger partial charge in [0.25, 0.3) is 6.01 Å². The number of rotatable bonds is 2. The summed E-state index contributed by atoms with van der Waals surface area (Å²) in [6, 6.07) is 6.34. The fourth-order valence-corrected chi connectivity index (χ4v) is 2.57. The van der Waals surface area contributed by atoms with Crippen molar-refractivity contribution < 1.29 is 4.42 Å². The highest BCUT2D eigenvalue weighted by atomic mass is 16.4. The van der Waals surface area contributed by atoms with E-state index >= 15 is 0 Å². The Kier molecular flexibility index (Phi) is 2.65.